The second-order valence-corrected chi connectivity index (χ2v) is 9.64. The van der Waals surface area contributed by atoms with Crippen LogP contribution in [0.1, 0.15) is 11.3 Å². The van der Waals surface area contributed by atoms with E-state index in [1.165, 1.54) is 6.07 Å². The lowest BCUT2D eigenvalue weighted by Crippen LogP contribution is -2.41. The fourth-order valence-corrected chi connectivity index (χ4v) is 5.38. The second kappa shape index (κ2) is 10.1. The van der Waals surface area contributed by atoms with Gasteiger partial charge < -0.3 is 15.0 Å². The Bertz CT molecular complexity index is 1160. The summed E-state index contributed by atoms with van der Waals surface area (Å²) in [5, 5.41) is 5.07. The van der Waals surface area contributed by atoms with Crippen LogP contribution in [0.3, 0.4) is 0 Å². The summed E-state index contributed by atoms with van der Waals surface area (Å²) >= 11 is 1.15. The number of para-hydroxylation sites is 1. The Hall–Kier alpha value is -3.02. The highest BCUT2D eigenvalue weighted by molar-refractivity contribution is 7.93. The Morgan fingerprint density at radius 1 is 1.16 bits per heavy atom. The largest absolute Gasteiger partial charge is 0.380 e. The molecule has 0 aliphatic carbocycles. The van der Waals surface area contributed by atoms with Crippen molar-refractivity contribution in [2.75, 3.05) is 36.3 Å². The Morgan fingerprint density at radius 3 is 2.75 bits per heavy atom. The minimum absolute atomic E-state index is 0.0436. The molecule has 0 atom stereocenters. The number of amides is 1. The predicted molar refractivity (Wildman–Crippen MR) is 122 cm³/mol. The summed E-state index contributed by atoms with van der Waals surface area (Å²) in [6, 6.07) is 10.4. The van der Waals surface area contributed by atoms with Gasteiger partial charge in [0, 0.05) is 37.4 Å². The Balaban J connectivity index is 1.43. The van der Waals surface area contributed by atoms with Gasteiger partial charge in [0.15, 0.2) is 5.13 Å². The summed E-state index contributed by atoms with van der Waals surface area (Å²) < 4.78 is 33.8. The topological polar surface area (TPSA) is 114 Å². The molecule has 1 amide bonds. The number of aromatic nitrogens is 2. The minimum Gasteiger partial charge on any atom is -0.380 e. The summed E-state index contributed by atoms with van der Waals surface area (Å²) in [7, 11) is -3.88. The van der Waals surface area contributed by atoms with Gasteiger partial charge in [0.05, 0.1) is 31.0 Å². The molecule has 168 valence electrons. The highest BCUT2D eigenvalue weighted by Crippen LogP contribution is 2.26. The number of carbonyl (C=O) groups excluding carboxylic acids is 1. The van der Waals surface area contributed by atoms with Gasteiger partial charge in [-0.25, -0.2) is 13.4 Å². The predicted octanol–water partition coefficient (Wildman–Crippen LogP) is 2.35. The number of hydrogen-bond acceptors (Lipinski definition) is 8. The maximum Gasteiger partial charge on any atom is 0.265 e. The first kappa shape index (κ1) is 22.2. The van der Waals surface area contributed by atoms with E-state index in [0.717, 1.165) is 16.9 Å². The Labute approximate surface area is 190 Å². The summed E-state index contributed by atoms with van der Waals surface area (Å²) in [5.74, 6) is -0.0436. The molecule has 1 aliphatic heterocycles. The van der Waals surface area contributed by atoms with Gasteiger partial charge in [0.1, 0.15) is 4.90 Å². The van der Waals surface area contributed by atoms with Crippen LogP contribution >= 0.6 is 11.3 Å². The van der Waals surface area contributed by atoms with Crippen molar-refractivity contribution in [3.05, 3.63) is 65.4 Å². The fraction of sp³-hybridized carbons (Fsp3) is 0.286. The summed E-state index contributed by atoms with van der Waals surface area (Å²) in [6.07, 6.45) is 3.53. The molecule has 0 spiro atoms. The smallest absolute Gasteiger partial charge is 0.265 e. The first-order valence-corrected chi connectivity index (χ1v) is 12.4. The van der Waals surface area contributed by atoms with Crippen molar-refractivity contribution in [2.24, 2.45) is 0 Å². The monoisotopic (exact) mass is 473 g/mol. The molecule has 1 aliphatic rings. The lowest BCUT2D eigenvalue weighted by atomic mass is 10.2. The molecule has 11 heteroatoms. The molecule has 2 aromatic heterocycles. The first-order valence-electron chi connectivity index (χ1n) is 10.1. The SMILES string of the molecule is O=C(Cc1csc(NS(=O)(=O)c2ccccc2NCc2cccnc2)n1)N1CCOCC1. The highest BCUT2D eigenvalue weighted by atomic mass is 32.2. The Kier molecular flexibility index (Phi) is 6.98. The van der Waals surface area contributed by atoms with Gasteiger partial charge in [-0.3, -0.25) is 14.5 Å². The van der Waals surface area contributed by atoms with E-state index < -0.39 is 10.0 Å². The molecular weight excluding hydrogens is 450 g/mol. The zero-order valence-corrected chi connectivity index (χ0v) is 18.9. The van der Waals surface area contributed by atoms with Gasteiger partial charge in [-0.05, 0) is 23.8 Å². The van der Waals surface area contributed by atoms with Crippen LogP contribution in [0.4, 0.5) is 10.8 Å². The van der Waals surface area contributed by atoms with Crippen molar-refractivity contribution >= 4 is 38.1 Å². The van der Waals surface area contributed by atoms with Crippen LogP contribution < -0.4 is 10.0 Å². The zero-order valence-electron chi connectivity index (χ0n) is 17.2. The maximum absolute atomic E-state index is 13.0. The number of pyridine rings is 1. The molecule has 1 saturated heterocycles. The van der Waals surface area contributed by atoms with E-state index in [1.807, 2.05) is 12.1 Å². The number of benzene rings is 1. The van der Waals surface area contributed by atoms with Crippen LogP contribution in [0.2, 0.25) is 0 Å². The van der Waals surface area contributed by atoms with Crippen molar-refractivity contribution < 1.29 is 17.9 Å². The van der Waals surface area contributed by atoms with E-state index in [2.05, 4.69) is 20.0 Å². The number of thiazole rings is 1. The van der Waals surface area contributed by atoms with Crippen molar-refractivity contribution in [3.8, 4) is 0 Å². The number of ether oxygens (including phenoxy) is 1. The van der Waals surface area contributed by atoms with E-state index in [9.17, 15) is 13.2 Å². The van der Waals surface area contributed by atoms with Crippen LogP contribution in [0.25, 0.3) is 0 Å². The van der Waals surface area contributed by atoms with Crippen molar-refractivity contribution in [1.29, 1.82) is 0 Å². The molecule has 1 fully saturated rings. The third-order valence-electron chi connectivity index (χ3n) is 4.85. The molecular formula is C21H23N5O4S2. The number of morpholine rings is 1. The van der Waals surface area contributed by atoms with Crippen molar-refractivity contribution in [3.63, 3.8) is 0 Å². The number of nitrogens with one attached hydrogen (secondary N) is 2. The summed E-state index contributed by atoms with van der Waals surface area (Å²) in [5.41, 5.74) is 1.94. The van der Waals surface area contributed by atoms with E-state index in [1.54, 1.807) is 40.9 Å². The minimum atomic E-state index is -3.88. The molecule has 0 bridgehead atoms. The second-order valence-electron chi connectivity index (χ2n) is 7.13. The number of hydrogen-bond donors (Lipinski definition) is 2. The molecule has 1 aromatic carbocycles. The van der Waals surface area contributed by atoms with Crippen LogP contribution in [0.15, 0.2) is 59.1 Å². The average molecular weight is 474 g/mol. The quantitative estimate of drug-likeness (QED) is 0.516. The Morgan fingerprint density at radius 2 is 1.97 bits per heavy atom. The summed E-state index contributed by atoms with van der Waals surface area (Å²) in [6.45, 7) is 2.62. The third-order valence-corrected chi connectivity index (χ3v) is 7.18. The number of sulfonamides is 1. The molecule has 3 heterocycles. The zero-order chi connectivity index (χ0) is 22.4. The molecule has 0 unspecified atom stereocenters. The van der Waals surface area contributed by atoms with Crippen LogP contribution in [-0.2, 0) is 32.5 Å². The van der Waals surface area contributed by atoms with E-state index in [-0.39, 0.29) is 22.4 Å². The first-order chi connectivity index (χ1) is 15.5. The lowest BCUT2D eigenvalue weighted by molar-refractivity contribution is -0.134. The van der Waals surface area contributed by atoms with E-state index in [0.29, 0.717) is 44.2 Å². The van der Waals surface area contributed by atoms with Crippen LogP contribution in [0.5, 0.6) is 0 Å². The number of nitrogens with zero attached hydrogens (tertiary/aromatic N) is 3. The van der Waals surface area contributed by atoms with E-state index in [4.69, 9.17) is 4.74 Å². The maximum atomic E-state index is 13.0. The van der Waals surface area contributed by atoms with Crippen LogP contribution in [0, 0.1) is 0 Å². The van der Waals surface area contributed by atoms with E-state index >= 15 is 0 Å². The molecule has 0 radical (unpaired) electrons. The normalized spacial score (nSPS) is 14.2. The van der Waals surface area contributed by atoms with Crippen molar-refractivity contribution in [2.45, 2.75) is 17.9 Å². The number of rotatable bonds is 8. The standard InChI is InChI=1S/C21H23N5O4S2/c27-20(26-8-10-30-11-9-26)12-17-15-31-21(24-17)25-32(28,29)19-6-2-1-5-18(19)23-14-16-4-3-7-22-13-16/h1-7,13,15,23H,8-12,14H2,(H,24,25). The molecule has 4 rings (SSSR count). The number of anilines is 2. The highest BCUT2D eigenvalue weighted by Gasteiger charge is 2.22. The van der Waals surface area contributed by atoms with Gasteiger partial charge in [-0.1, -0.05) is 18.2 Å². The van der Waals surface area contributed by atoms with Crippen molar-refractivity contribution in [1.82, 2.24) is 14.9 Å². The summed E-state index contributed by atoms with van der Waals surface area (Å²) in [4.78, 5) is 22.6. The third kappa shape index (κ3) is 5.61. The van der Waals surface area contributed by atoms with Gasteiger partial charge in [-0.2, -0.15) is 0 Å². The van der Waals surface area contributed by atoms with Gasteiger partial charge >= 0.3 is 0 Å². The molecule has 9 nitrogen and oxygen atoms in total. The molecule has 2 N–H and O–H groups in total. The average Bonchev–Trinajstić information content (AvgIpc) is 3.25. The van der Waals surface area contributed by atoms with Crippen LogP contribution in [-0.4, -0.2) is 55.5 Å². The number of carbonyl (C=O) groups is 1. The fourth-order valence-electron chi connectivity index (χ4n) is 3.23. The lowest BCUT2D eigenvalue weighted by Gasteiger charge is -2.26. The van der Waals surface area contributed by atoms with Gasteiger partial charge in [-0.15, -0.1) is 11.3 Å². The van der Waals surface area contributed by atoms with Gasteiger partial charge in [0.25, 0.3) is 10.0 Å². The molecule has 32 heavy (non-hydrogen) atoms. The van der Waals surface area contributed by atoms with Gasteiger partial charge in [0.2, 0.25) is 5.91 Å². The molecule has 0 saturated carbocycles. The molecule has 3 aromatic rings.